The molecule has 1 amide bonds. The number of ether oxygens (including phenoxy) is 1. The van der Waals surface area contributed by atoms with E-state index < -0.39 is 0 Å². The van der Waals surface area contributed by atoms with E-state index in [2.05, 4.69) is 52.2 Å². The van der Waals surface area contributed by atoms with E-state index in [0.717, 1.165) is 74.3 Å². The number of terminal acetylenes is 1. The number of primary amides is 1. The smallest absolute Gasteiger partial charge is 0.204 e. The highest BCUT2D eigenvalue weighted by Gasteiger charge is 2.34. The largest absolute Gasteiger partial charge is 0.384 e. The van der Waals surface area contributed by atoms with Crippen LogP contribution in [0, 0.1) is 12.3 Å². The van der Waals surface area contributed by atoms with Gasteiger partial charge in [0, 0.05) is 43.4 Å². The van der Waals surface area contributed by atoms with Gasteiger partial charge < -0.3 is 20.7 Å². The number of hydrogen-bond donors (Lipinski definition) is 3. The monoisotopic (exact) mass is 483 g/mol. The van der Waals surface area contributed by atoms with Crippen molar-refractivity contribution in [1.29, 1.82) is 0 Å². The molecule has 2 aliphatic rings. The van der Waals surface area contributed by atoms with Crippen molar-refractivity contribution in [3.63, 3.8) is 0 Å². The molecule has 0 atom stereocenters. The van der Waals surface area contributed by atoms with Crippen LogP contribution in [-0.4, -0.2) is 49.2 Å². The fraction of sp³-hybridized carbons (Fsp3) is 0.500. The molecule has 1 saturated carbocycles. The quantitative estimate of drug-likeness (QED) is 0.246. The normalized spacial score (nSPS) is 16.2. The first-order chi connectivity index (χ1) is 16.6. The van der Waals surface area contributed by atoms with Gasteiger partial charge >= 0.3 is 0 Å². The number of aromatic nitrogens is 2. The minimum Gasteiger partial charge on any atom is -0.384 e. The maximum absolute atomic E-state index is 8.58. The number of anilines is 2. The SMILES string of the molecule is C#CCCNc1ccc(-c2nc(N3CCOCC3)cc(C3(S)CCCC3)n2)cc1.CC.NC=O. The molecule has 0 bridgehead atoms. The van der Waals surface area contributed by atoms with Gasteiger partial charge in [0.1, 0.15) is 5.82 Å². The summed E-state index contributed by atoms with van der Waals surface area (Å²) in [4.78, 5) is 20.8. The van der Waals surface area contributed by atoms with E-state index in [-0.39, 0.29) is 11.2 Å². The molecule has 2 aromatic rings. The zero-order valence-corrected chi connectivity index (χ0v) is 21.2. The summed E-state index contributed by atoms with van der Waals surface area (Å²) in [6.45, 7) is 7.95. The number of hydrogen-bond acceptors (Lipinski definition) is 7. The van der Waals surface area contributed by atoms with Gasteiger partial charge in [0.25, 0.3) is 0 Å². The van der Waals surface area contributed by atoms with Crippen LogP contribution in [0.25, 0.3) is 11.4 Å². The third-order valence-corrected chi connectivity index (χ3v) is 6.37. The van der Waals surface area contributed by atoms with Crippen LogP contribution in [0.5, 0.6) is 0 Å². The highest BCUT2D eigenvalue weighted by Crippen LogP contribution is 2.44. The van der Waals surface area contributed by atoms with Gasteiger partial charge in [-0.3, -0.25) is 4.79 Å². The standard InChI is InChI=1S/C23H28N4OS.C2H6.CH3NO/c1-2-3-12-24-19-8-6-18(7-9-19)22-25-20(23(29)10-4-5-11-23)17-21(26-22)27-13-15-28-16-14-27;1-2;2-1-3/h1,6-9,17,24,29H,3-5,10-16H2;1-2H3;1H,(H2,2,3). The fourth-order valence-electron chi connectivity index (χ4n) is 3.99. The second-order valence-corrected chi connectivity index (χ2v) is 8.72. The van der Waals surface area contributed by atoms with Crippen LogP contribution in [0.3, 0.4) is 0 Å². The predicted molar refractivity (Wildman–Crippen MR) is 143 cm³/mol. The summed E-state index contributed by atoms with van der Waals surface area (Å²) >= 11 is 5.05. The van der Waals surface area contributed by atoms with Gasteiger partial charge in [-0.25, -0.2) is 9.97 Å². The molecule has 4 rings (SSSR count). The topological polar surface area (TPSA) is 93.4 Å². The Kier molecular flexibility index (Phi) is 11.7. The molecule has 0 unspecified atom stereocenters. The second kappa shape index (κ2) is 14.5. The van der Waals surface area contributed by atoms with E-state index in [1.807, 2.05) is 13.8 Å². The summed E-state index contributed by atoms with van der Waals surface area (Å²) in [5.41, 5.74) is 7.27. The van der Waals surface area contributed by atoms with E-state index in [0.29, 0.717) is 6.42 Å². The summed E-state index contributed by atoms with van der Waals surface area (Å²) in [5, 5.41) is 3.33. The molecule has 1 aliphatic heterocycles. The number of nitrogens with two attached hydrogens (primary N) is 1. The fourth-order valence-corrected chi connectivity index (χ4v) is 4.42. The second-order valence-electron chi connectivity index (χ2n) is 7.87. The lowest BCUT2D eigenvalue weighted by molar-refractivity contribution is -0.106. The summed E-state index contributed by atoms with van der Waals surface area (Å²) < 4.78 is 5.36. The number of benzene rings is 1. The van der Waals surface area contributed by atoms with E-state index in [9.17, 15) is 0 Å². The van der Waals surface area contributed by atoms with E-state index in [1.165, 1.54) is 12.8 Å². The van der Waals surface area contributed by atoms with Crippen molar-refractivity contribution in [1.82, 2.24) is 9.97 Å². The average molecular weight is 484 g/mol. The van der Waals surface area contributed by atoms with Crippen molar-refractivity contribution < 1.29 is 9.53 Å². The summed E-state index contributed by atoms with van der Waals surface area (Å²) in [6, 6.07) is 10.4. The summed E-state index contributed by atoms with van der Waals surface area (Å²) in [5.74, 6) is 4.39. The van der Waals surface area contributed by atoms with Crippen molar-refractivity contribution in [2.24, 2.45) is 5.73 Å². The Bertz CT molecular complexity index is 918. The number of rotatable bonds is 6. The minimum atomic E-state index is -0.157. The highest BCUT2D eigenvalue weighted by molar-refractivity contribution is 7.81. The summed E-state index contributed by atoms with van der Waals surface area (Å²) in [7, 11) is 0. The molecule has 8 heteroatoms. The third kappa shape index (κ3) is 7.64. The lowest BCUT2D eigenvalue weighted by Crippen LogP contribution is -2.37. The molecule has 34 heavy (non-hydrogen) atoms. The maximum atomic E-state index is 8.58. The Morgan fingerprint density at radius 2 is 1.82 bits per heavy atom. The van der Waals surface area contributed by atoms with Crippen LogP contribution in [0.1, 0.15) is 51.6 Å². The first-order valence-corrected chi connectivity index (χ1v) is 12.4. The van der Waals surface area contributed by atoms with Gasteiger partial charge in [0.15, 0.2) is 5.82 Å². The third-order valence-electron chi connectivity index (χ3n) is 5.70. The Balaban J connectivity index is 0.000000758. The zero-order valence-electron chi connectivity index (χ0n) is 20.3. The van der Waals surface area contributed by atoms with Gasteiger partial charge in [-0.1, -0.05) is 26.7 Å². The van der Waals surface area contributed by atoms with Crippen LogP contribution < -0.4 is 16.0 Å². The maximum Gasteiger partial charge on any atom is 0.204 e. The molecular formula is C26H37N5O2S. The molecule has 0 radical (unpaired) electrons. The number of carbonyl (C=O) groups is 1. The Morgan fingerprint density at radius 3 is 2.41 bits per heavy atom. The molecule has 1 aliphatic carbocycles. The van der Waals surface area contributed by atoms with Crippen molar-refractivity contribution in [2.45, 2.75) is 50.7 Å². The Hall–Kier alpha value is -2.76. The van der Waals surface area contributed by atoms with Gasteiger partial charge in [-0.05, 0) is 37.1 Å². The minimum absolute atomic E-state index is 0.157. The lowest BCUT2D eigenvalue weighted by Gasteiger charge is -2.30. The van der Waals surface area contributed by atoms with Crippen LogP contribution in [-0.2, 0) is 14.3 Å². The summed E-state index contributed by atoms with van der Waals surface area (Å²) in [6.07, 6.45) is 10.8. The zero-order chi connectivity index (χ0) is 24.8. The first kappa shape index (κ1) is 27.5. The predicted octanol–water partition coefficient (Wildman–Crippen LogP) is 4.24. The van der Waals surface area contributed by atoms with E-state index in [4.69, 9.17) is 38.6 Å². The number of thiol groups is 1. The number of carbonyl (C=O) groups excluding carboxylic acids is 1. The molecule has 0 spiro atoms. The molecule has 1 aromatic carbocycles. The molecular weight excluding hydrogens is 446 g/mol. The van der Waals surface area contributed by atoms with Gasteiger partial charge in [0.2, 0.25) is 6.41 Å². The van der Waals surface area contributed by atoms with Gasteiger partial charge in [0.05, 0.1) is 23.7 Å². The van der Waals surface area contributed by atoms with Crippen LogP contribution in [0.4, 0.5) is 11.5 Å². The number of amides is 1. The first-order valence-electron chi connectivity index (χ1n) is 12.0. The molecule has 2 heterocycles. The molecule has 1 saturated heterocycles. The molecule has 184 valence electrons. The van der Waals surface area contributed by atoms with Crippen LogP contribution in [0.2, 0.25) is 0 Å². The average Bonchev–Trinajstić information content (AvgIpc) is 3.34. The Morgan fingerprint density at radius 1 is 1.21 bits per heavy atom. The number of morpholine rings is 1. The van der Waals surface area contributed by atoms with Crippen molar-refractivity contribution in [2.75, 3.05) is 43.1 Å². The van der Waals surface area contributed by atoms with Crippen LogP contribution in [0.15, 0.2) is 30.3 Å². The van der Waals surface area contributed by atoms with Crippen molar-refractivity contribution in [3.05, 3.63) is 36.0 Å². The van der Waals surface area contributed by atoms with Gasteiger partial charge in [-0.2, -0.15) is 12.6 Å². The number of nitrogens with zero attached hydrogens (tertiary/aromatic N) is 3. The van der Waals surface area contributed by atoms with E-state index >= 15 is 0 Å². The van der Waals surface area contributed by atoms with E-state index in [1.54, 1.807) is 0 Å². The highest BCUT2D eigenvalue weighted by atomic mass is 32.1. The van der Waals surface area contributed by atoms with Crippen LogP contribution >= 0.6 is 12.6 Å². The van der Waals surface area contributed by atoms with Crippen molar-refractivity contribution >= 4 is 30.5 Å². The molecule has 7 nitrogen and oxygen atoms in total. The lowest BCUT2D eigenvalue weighted by atomic mass is 10.0. The van der Waals surface area contributed by atoms with Crippen molar-refractivity contribution in [3.8, 4) is 23.7 Å². The van der Waals surface area contributed by atoms with Gasteiger partial charge in [-0.15, -0.1) is 12.3 Å². The number of nitrogens with one attached hydrogen (secondary N) is 1. The molecule has 2 fully saturated rings. The molecule has 3 N–H and O–H groups in total. The molecule has 1 aromatic heterocycles. The Labute approximate surface area is 209 Å².